The van der Waals surface area contributed by atoms with Crippen molar-refractivity contribution in [3.05, 3.63) is 12.4 Å². The van der Waals surface area contributed by atoms with Gasteiger partial charge in [0.05, 0.1) is 6.54 Å². The molecule has 1 atom stereocenters. The number of aromatic nitrogens is 2. The number of hydrogen-bond donors (Lipinski definition) is 0. The zero-order valence-electron chi connectivity index (χ0n) is 11.7. The summed E-state index contributed by atoms with van der Waals surface area (Å²) in [6, 6.07) is 0. The second-order valence-corrected chi connectivity index (χ2v) is 4.93. The highest BCUT2D eigenvalue weighted by Gasteiger charge is 2.24. The summed E-state index contributed by atoms with van der Waals surface area (Å²) in [4.78, 5) is 23.6. The number of piperidine rings is 1. The molecule has 104 valence electrons. The van der Waals surface area contributed by atoms with Gasteiger partial charge in [-0.2, -0.15) is 0 Å². The summed E-state index contributed by atoms with van der Waals surface area (Å²) in [5.41, 5.74) is 0. The predicted octanol–water partition coefficient (Wildman–Crippen LogP) is 0.932. The van der Waals surface area contributed by atoms with Crippen molar-refractivity contribution in [3.63, 3.8) is 0 Å². The molecule has 1 amide bonds. The van der Waals surface area contributed by atoms with Gasteiger partial charge in [-0.05, 0) is 12.8 Å². The van der Waals surface area contributed by atoms with Gasteiger partial charge in [-0.3, -0.25) is 4.79 Å². The Morgan fingerprint density at radius 2 is 2.16 bits per heavy atom. The Hall–Kier alpha value is -1.85. The number of hydrogen-bond acceptors (Lipinski definition) is 5. The number of carbonyl (C=O) groups is 1. The second-order valence-electron chi connectivity index (χ2n) is 4.93. The van der Waals surface area contributed by atoms with E-state index in [1.165, 1.54) is 0 Å². The summed E-state index contributed by atoms with van der Waals surface area (Å²) in [7, 11) is 3.80. The number of amides is 1. The molecule has 1 aliphatic rings. The zero-order valence-corrected chi connectivity index (χ0v) is 11.7. The molecule has 0 saturated carbocycles. The predicted molar refractivity (Wildman–Crippen MR) is 72.3 cm³/mol. The van der Waals surface area contributed by atoms with Gasteiger partial charge in [-0.1, -0.05) is 0 Å². The number of anilines is 1. The van der Waals surface area contributed by atoms with Crippen molar-refractivity contribution in [2.45, 2.75) is 25.9 Å². The van der Waals surface area contributed by atoms with Crippen molar-refractivity contribution >= 4 is 11.7 Å². The van der Waals surface area contributed by atoms with Gasteiger partial charge in [0.25, 0.3) is 5.88 Å². The molecule has 0 N–H and O–H groups in total. The molecule has 2 rings (SSSR count). The van der Waals surface area contributed by atoms with Gasteiger partial charge in [0, 0.05) is 40.0 Å². The van der Waals surface area contributed by atoms with Gasteiger partial charge in [0.15, 0.2) is 5.82 Å². The third-order valence-electron chi connectivity index (χ3n) is 3.17. The third kappa shape index (κ3) is 3.33. The average molecular weight is 264 g/mol. The Morgan fingerprint density at radius 3 is 2.84 bits per heavy atom. The lowest BCUT2D eigenvalue weighted by Gasteiger charge is -2.32. The summed E-state index contributed by atoms with van der Waals surface area (Å²) in [6.07, 6.45) is 5.15. The Balaban J connectivity index is 2.06. The number of nitrogens with zero attached hydrogens (tertiary/aromatic N) is 4. The van der Waals surface area contributed by atoms with Crippen molar-refractivity contribution in [1.29, 1.82) is 0 Å². The van der Waals surface area contributed by atoms with Crippen LogP contribution in [0.25, 0.3) is 0 Å². The summed E-state index contributed by atoms with van der Waals surface area (Å²) >= 11 is 0. The highest BCUT2D eigenvalue weighted by atomic mass is 16.5. The Bertz CT molecular complexity index is 450. The van der Waals surface area contributed by atoms with Crippen molar-refractivity contribution < 1.29 is 9.53 Å². The van der Waals surface area contributed by atoms with Crippen molar-refractivity contribution in [2.24, 2.45) is 0 Å². The first-order chi connectivity index (χ1) is 9.08. The van der Waals surface area contributed by atoms with E-state index < -0.39 is 0 Å². The van der Waals surface area contributed by atoms with E-state index in [-0.39, 0.29) is 12.0 Å². The van der Waals surface area contributed by atoms with Crippen LogP contribution in [0.5, 0.6) is 5.88 Å². The molecule has 1 aromatic rings. The van der Waals surface area contributed by atoms with E-state index in [1.807, 2.05) is 23.9 Å². The quantitative estimate of drug-likeness (QED) is 0.813. The standard InChI is InChI=1S/C13H20N4O2/c1-10(18)17-8-4-5-11(9-17)19-13-12(16(2)3)14-6-7-15-13/h6-7,11H,4-5,8-9H2,1-3H3. The van der Waals surface area contributed by atoms with Gasteiger partial charge in [0.2, 0.25) is 5.91 Å². The van der Waals surface area contributed by atoms with E-state index in [0.717, 1.165) is 19.4 Å². The lowest BCUT2D eigenvalue weighted by Crippen LogP contribution is -2.43. The molecule has 1 aromatic heterocycles. The van der Waals surface area contributed by atoms with Crippen LogP contribution in [0.3, 0.4) is 0 Å². The normalized spacial score (nSPS) is 19.1. The summed E-state index contributed by atoms with van der Waals surface area (Å²) in [5, 5.41) is 0. The van der Waals surface area contributed by atoms with Crippen LogP contribution in [0, 0.1) is 0 Å². The monoisotopic (exact) mass is 264 g/mol. The van der Waals surface area contributed by atoms with Gasteiger partial charge in [-0.25, -0.2) is 9.97 Å². The van der Waals surface area contributed by atoms with Crippen LogP contribution >= 0.6 is 0 Å². The van der Waals surface area contributed by atoms with Crippen LogP contribution in [-0.4, -0.2) is 54.1 Å². The Labute approximate surface area is 113 Å². The molecular weight excluding hydrogens is 244 g/mol. The SMILES string of the molecule is CC(=O)N1CCCC(Oc2nccnc2N(C)C)C1. The summed E-state index contributed by atoms with van der Waals surface area (Å²) in [6.45, 7) is 3.03. The molecule has 0 aromatic carbocycles. The molecule has 19 heavy (non-hydrogen) atoms. The fourth-order valence-electron chi connectivity index (χ4n) is 2.19. The number of rotatable bonds is 3. The van der Waals surface area contributed by atoms with E-state index in [0.29, 0.717) is 18.2 Å². The molecule has 1 aliphatic heterocycles. The maximum absolute atomic E-state index is 11.4. The average Bonchev–Trinajstić information content (AvgIpc) is 2.39. The molecule has 2 heterocycles. The van der Waals surface area contributed by atoms with Crippen molar-refractivity contribution in [3.8, 4) is 5.88 Å². The molecule has 1 saturated heterocycles. The fourth-order valence-corrected chi connectivity index (χ4v) is 2.19. The van der Waals surface area contributed by atoms with Crippen LogP contribution in [0.15, 0.2) is 12.4 Å². The summed E-state index contributed by atoms with van der Waals surface area (Å²) in [5.74, 6) is 1.34. The molecule has 0 bridgehead atoms. The smallest absolute Gasteiger partial charge is 0.257 e. The van der Waals surface area contributed by atoms with Crippen molar-refractivity contribution in [1.82, 2.24) is 14.9 Å². The molecular formula is C13H20N4O2. The minimum absolute atomic E-state index is 0.00644. The largest absolute Gasteiger partial charge is 0.470 e. The van der Waals surface area contributed by atoms with E-state index in [9.17, 15) is 4.79 Å². The number of ether oxygens (including phenoxy) is 1. The number of likely N-dealkylation sites (tertiary alicyclic amines) is 1. The lowest BCUT2D eigenvalue weighted by atomic mass is 10.1. The molecule has 1 fully saturated rings. The van der Waals surface area contributed by atoms with Crippen molar-refractivity contribution in [2.75, 3.05) is 32.1 Å². The molecule has 6 heteroatoms. The molecule has 1 unspecified atom stereocenters. The topological polar surface area (TPSA) is 58.6 Å². The van der Waals surface area contributed by atoms with Crippen LogP contribution in [0.2, 0.25) is 0 Å². The highest BCUT2D eigenvalue weighted by Crippen LogP contribution is 2.24. The molecule has 0 aliphatic carbocycles. The minimum atomic E-state index is -0.00644. The Kier molecular flexibility index (Phi) is 4.19. The van der Waals surface area contributed by atoms with Crippen LogP contribution in [0.1, 0.15) is 19.8 Å². The summed E-state index contributed by atoms with van der Waals surface area (Å²) < 4.78 is 5.92. The van der Waals surface area contributed by atoms with E-state index >= 15 is 0 Å². The highest BCUT2D eigenvalue weighted by molar-refractivity contribution is 5.73. The van der Waals surface area contributed by atoms with Gasteiger partial charge < -0.3 is 14.5 Å². The third-order valence-corrected chi connectivity index (χ3v) is 3.17. The maximum atomic E-state index is 11.4. The second kappa shape index (κ2) is 5.86. The first-order valence-electron chi connectivity index (χ1n) is 6.48. The van der Waals surface area contributed by atoms with Gasteiger partial charge in [-0.15, -0.1) is 0 Å². The zero-order chi connectivity index (χ0) is 13.8. The van der Waals surface area contributed by atoms with E-state index in [2.05, 4.69) is 9.97 Å². The molecule has 6 nitrogen and oxygen atoms in total. The first kappa shape index (κ1) is 13.6. The van der Waals surface area contributed by atoms with E-state index in [4.69, 9.17) is 4.74 Å². The minimum Gasteiger partial charge on any atom is -0.470 e. The van der Waals surface area contributed by atoms with Gasteiger partial charge >= 0.3 is 0 Å². The van der Waals surface area contributed by atoms with Gasteiger partial charge in [0.1, 0.15) is 6.10 Å². The molecule has 0 radical (unpaired) electrons. The maximum Gasteiger partial charge on any atom is 0.257 e. The van der Waals surface area contributed by atoms with E-state index in [1.54, 1.807) is 19.3 Å². The van der Waals surface area contributed by atoms with Crippen LogP contribution < -0.4 is 9.64 Å². The number of carbonyl (C=O) groups excluding carboxylic acids is 1. The Morgan fingerprint density at radius 1 is 1.42 bits per heavy atom. The molecule has 0 spiro atoms. The lowest BCUT2D eigenvalue weighted by molar-refractivity contribution is -0.131. The fraction of sp³-hybridized carbons (Fsp3) is 0.615. The first-order valence-corrected chi connectivity index (χ1v) is 6.48. The van der Waals surface area contributed by atoms with Crippen LogP contribution in [0.4, 0.5) is 5.82 Å². The van der Waals surface area contributed by atoms with Crippen LogP contribution in [-0.2, 0) is 4.79 Å².